The Labute approximate surface area is 140 Å². The number of fused-ring (bicyclic) bond motifs is 1. The summed E-state index contributed by atoms with van der Waals surface area (Å²) in [5, 5.41) is 5.43. The Hall–Kier alpha value is -1.12. The number of imide groups is 1. The minimum absolute atomic E-state index is 0.0205. The summed E-state index contributed by atoms with van der Waals surface area (Å²) in [6, 6.07) is 0. The minimum atomic E-state index is -0.166. The molecule has 23 heavy (non-hydrogen) atoms. The number of carbonyl (C=O) groups is 3. The van der Waals surface area contributed by atoms with E-state index in [1.54, 1.807) is 11.8 Å². The predicted octanol–water partition coefficient (Wildman–Crippen LogP) is -0.357. The van der Waals surface area contributed by atoms with E-state index in [-0.39, 0.29) is 34.8 Å². The highest BCUT2D eigenvalue weighted by molar-refractivity contribution is 8.00. The van der Waals surface area contributed by atoms with Crippen LogP contribution in [0.2, 0.25) is 0 Å². The molecule has 130 valence electrons. The van der Waals surface area contributed by atoms with Crippen molar-refractivity contribution in [2.75, 3.05) is 32.1 Å². The number of rotatable bonds is 10. The molecule has 0 aromatic carbocycles. The predicted molar refractivity (Wildman–Crippen MR) is 87.7 cm³/mol. The van der Waals surface area contributed by atoms with Crippen LogP contribution in [0.5, 0.6) is 0 Å². The second-order valence-corrected chi connectivity index (χ2v) is 7.13. The maximum absolute atomic E-state index is 11.8. The van der Waals surface area contributed by atoms with Crippen molar-refractivity contribution < 1.29 is 19.1 Å². The molecule has 3 amide bonds. The molecule has 2 heterocycles. The van der Waals surface area contributed by atoms with Crippen LogP contribution in [0.1, 0.15) is 25.7 Å². The summed E-state index contributed by atoms with van der Waals surface area (Å²) in [4.78, 5) is 35.0. The van der Waals surface area contributed by atoms with Gasteiger partial charge in [0.1, 0.15) is 0 Å². The molecule has 7 nitrogen and oxygen atoms in total. The van der Waals surface area contributed by atoms with Gasteiger partial charge in [0.15, 0.2) is 0 Å². The number of unbranched alkanes of at least 4 members (excludes halogenated alkanes) is 1. The van der Waals surface area contributed by atoms with E-state index in [4.69, 9.17) is 10.5 Å². The van der Waals surface area contributed by atoms with Crippen molar-refractivity contribution in [2.45, 2.75) is 30.9 Å². The fourth-order valence-electron chi connectivity index (χ4n) is 3.01. The van der Waals surface area contributed by atoms with Gasteiger partial charge < -0.3 is 15.8 Å². The number of carbonyl (C=O) groups excluding carboxylic acids is 3. The van der Waals surface area contributed by atoms with Crippen molar-refractivity contribution in [2.24, 2.45) is 17.6 Å². The SMILES string of the molecule is NCCOCCNC(=O)CCCC[C@@H]1SC[C@@H]2C(=O)NC(=O)[C@H]12. The third-order valence-corrected chi connectivity index (χ3v) is 5.69. The Morgan fingerprint density at radius 1 is 1.30 bits per heavy atom. The molecule has 0 unspecified atom stereocenters. The molecule has 0 spiro atoms. The van der Waals surface area contributed by atoms with Crippen molar-refractivity contribution in [3.63, 3.8) is 0 Å². The first-order valence-electron chi connectivity index (χ1n) is 8.14. The van der Waals surface area contributed by atoms with Crippen molar-refractivity contribution in [1.29, 1.82) is 0 Å². The number of hydrogen-bond acceptors (Lipinski definition) is 6. The molecule has 2 aliphatic rings. The van der Waals surface area contributed by atoms with Gasteiger partial charge in [-0.3, -0.25) is 19.7 Å². The molecule has 0 aliphatic carbocycles. The maximum Gasteiger partial charge on any atom is 0.231 e. The first-order valence-corrected chi connectivity index (χ1v) is 9.19. The summed E-state index contributed by atoms with van der Waals surface area (Å²) >= 11 is 1.71. The fourth-order valence-corrected chi connectivity index (χ4v) is 4.68. The summed E-state index contributed by atoms with van der Waals surface area (Å²) in [7, 11) is 0. The van der Waals surface area contributed by atoms with Gasteiger partial charge in [0, 0.05) is 30.5 Å². The number of nitrogens with two attached hydrogens (primary N) is 1. The van der Waals surface area contributed by atoms with Crippen LogP contribution in [0.3, 0.4) is 0 Å². The normalized spacial score (nSPS) is 26.2. The molecule has 3 atom stereocenters. The fraction of sp³-hybridized carbons (Fsp3) is 0.800. The third kappa shape index (κ3) is 5.19. The summed E-state index contributed by atoms with van der Waals surface area (Å²) in [5.41, 5.74) is 5.29. The molecule has 2 aliphatic heterocycles. The number of ether oxygens (including phenoxy) is 1. The van der Waals surface area contributed by atoms with Gasteiger partial charge in [0.2, 0.25) is 17.7 Å². The second kappa shape index (κ2) is 9.24. The van der Waals surface area contributed by atoms with Crippen molar-refractivity contribution in [1.82, 2.24) is 10.6 Å². The number of nitrogens with one attached hydrogen (secondary N) is 2. The first-order chi connectivity index (χ1) is 11.1. The van der Waals surface area contributed by atoms with Crippen LogP contribution < -0.4 is 16.4 Å². The zero-order valence-electron chi connectivity index (χ0n) is 13.2. The molecule has 8 heteroatoms. The quantitative estimate of drug-likeness (QED) is 0.369. The average Bonchev–Trinajstić information content (AvgIpc) is 3.06. The van der Waals surface area contributed by atoms with E-state index in [1.807, 2.05) is 0 Å². The lowest BCUT2D eigenvalue weighted by Gasteiger charge is -2.14. The zero-order chi connectivity index (χ0) is 16.7. The van der Waals surface area contributed by atoms with Crippen LogP contribution in [-0.4, -0.2) is 55.0 Å². The highest BCUT2D eigenvalue weighted by Crippen LogP contribution is 2.42. The van der Waals surface area contributed by atoms with E-state index < -0.39 is 0 Å². The van der Waals surface area contributed by atoms with Crippen LogP contribution in [0.15, 0.2) is 0 Å². The van der Waals surface area contributed by atoms with E-state index in [0.29, 0.717) is 32.7 Å². The summed E-state index contributed by atoms with van der Waals surface area (Å²) in [5.74, 6) is 0.204. The Morgan fingerprint density at radius 3 is 2.91 bits per heavy atom. The lowest BCUT2D eigenvalue weighted by molar-refractivity contribution is -0.126. The van der Waals surface area contributed by atoms with Crippen LogP contribution in [0, 0.1) is 11.8 Å². The molecule has 0 aromatic rings. The largest absolute Gasteiger partial charge is 0.378 e. The van der Waals surface area contributed by atoms with Crippen LogP contribution in [0.25, 0.3) is 0 Å². The van der Waals surface area contributed by atoms with Crippen LogP contribution in [-0.2, 0) is 19.1 Å². The van der Waals surface area contributed by atoms with Gasteiger partial charge in [-0.05, 0) is 12.8 Å². The van der Waals surface area contributed by atoms with E-state index >= 15 is 0 Å². The molecule has 2 saturated heterocycles. The van der Waals surface area contributed by atoms with E-state index in [9.17, 15) is 14.4 Å². The van der Waals surface area contributed by atoms with Gasteiger partial charge in [0.25, 0.3) is 0 Å². The lowest BCUT2D eigenvalue weighted by atomic mass is 9.91. The molecule has 0 saturated carbocycles. The maximum atomic E-state index is 11.8. The standard InChI is InChI=1S/C15H25N3O4S/c16-5-7-22-8-6-17-12(19)4-2-1-3-11-13-10(9-23-11)14(20)18-15(13)21/h10-11,13H,1-9,16H2,(H,17,19)(H,18,20,21)/t10-,11-,13-/m0/s1. The minimum Gasteiger partial charge on any atom is -0.378 e. The third-order valence-electron chi connectivity index (χ3n) is 4.18. The molecule has 0 radical (unpaired) electrons. The Bertz CT molecular complexity index is 446. The lowest BCUT2D eigenvalue weighted by Crippen LogP contribution is -2.28. The molecular weight excluding hydrogens is 318 g/mol. The van der Waals surface area contributed by atoms with Gasteiger partial charge >= 0.3 is 0 Å². The molecular formula is C15H25N3O4S. The van der Waals surface area contributed by atoms with E-state index in [0.717, 1.165) is 25.0 Å². The molecule has 4 N–H and O–H groups in total. The topological polar surface area (TPSA) is 111 Å². The zero-order valence-corrected chi connectivity index (χ0v) is 14.0. The van der Waals surface area contributed by atoms with Gasteiger partial charge in [-0.15, -0.1) is 0 Å². The van der Waals surface area contributed by atoms with Gasteiger partial charge in [-0.1, -0.05) is 6.42 Å². The average molecular weight is 343 g/mol. The molecule has 0 aromatic heterocycles. The van der Waals surface area contributed by atoms with Crippen molar-refractivity contribution >= 4 is 29.5 Å². The molecule has 2 fully saturated rings. The number of hydrogen-bond donors (Lipinski definition) is 3. The number of amides is 3. The van der Waals surface area contributed by atoms with Crippen molar-refractivity contribution in [3.05, 3.63) is 0 Å². The highest BCUT2D eigenvalue weighted by atomic mass is 32.2. The summed E-state index contributed by atoms with van der Waals surface area (Å²) in [6.07, 6.45) is 3.03. The Morgan fingerprint density at radius 2 is 2.13 bits per heavy atom. The van der Waals surface area contributed by atoms with Crippen LogP contribution in [0.4, 0.5) is 0 Å². The molecule has 2 rings (SSSR count). The second-order valence-electron chi connectivity index (χ2n) is 5.85. The van der Waals surface area contributed by atoms with Crippen LogP contribution >= 0.6 is 11.8 Å². The van der Waals surface area contributed by atoms with E-state index in [1.165, 1.54) is 0 Å². The van der Waals surface area contributed by atoms with E-state index in [2.05, 4.69) is 10.6 Å². The van der Waals surface area contributed by atoms with Gasteiger partial charge in [-0.2, -0.15) is 11.8 Å². The summed E-state index contributed by atoms with van der Waals surface area (Å²) in [6.45, 7) is 1.98. The van der Waals surface area contributed by atoms with Gasteiger partial charge in [0.05, 0.1) is 25.0 Å². The molecule has 0 bridgehead atoms. The number of thioether (sulfide) groups is 1. The Kier molecular flexibility index (Phi) is 7.32. The smallest absolute Gasteiger partial charge is 0.231 e. The highest BCUT2D eigenvalue weighted by Gasteiger charge is 2.50. The van der Waals surface area contributed by atoms with Crippen molar-refractivity contribution in [3.8, 4) is 0 Å². The summed E-state index contributed by atoms with van der Waals surface area (Å²) < 4.78 is 5.18. The Balaban J connectivity index is 1.55. The van der Waals surface area contributed by atoms with Gasteiger partial charge in [-0.25, -0.2) is 0 Å². The first kappa shape index (κ1) is 18.2. The monoisotopic (exact) mass is 343 g/mol.